The van der Waals surface area contributed by atoms with Crippen LogP contribution in [0.4, 0.5) is 8.78 Å². The Labute approximate surface area is 230 Å². The van der Waals surface area contributed by atoms with Gasteiger partial charge in [-0.15, -0.1) is 0 Å². The van der Waals surface area contributed by atoms with Gasteiger partial charge in [-0.05, 0) is 91.7 Å². The van der Waals surface area contributed by atoms with Crippen molar-refractivity contribution in [1.29, 1.82) is 0 Å². The van der Waals surface area contributed by atoms with Crippen molar-refractivity contribution in [1.82, 2.24) is 20.2 Å². The number of halogens is 2. The lowest BCUT2D eigenvalue weighted by Gasteiger charge is -2.26. The first-order valence-electron chi connectivity index (χ1n) is 13.5. The minimum atomic E-state index is -0.365. The fourth-order valence-electron chi connectivity index (χ4n) is 5.30. The molecule has 6 nitrogen and oxygen atoms in total. The number of fused-ring (bicyclic) bond motifs is 1. The first-order valence-corrected chi connectivity index (χ1v) is 13.5. The van der Waals surface area contributed by atoms with Crippen LogP contribution in [-0.2, 0) is 0 Å². The van der Waals surface area contributed by atoms with Crippen LogP contribution in [0.5, 0.6) is 0 Å². The van der Waals surface area contributed by atoms with Crippen LogP contribution in [0.2, 0.25) is 0 Å². The summed E-state index contributed by atoms with van der Waals surface area (Å²) in [6.45, 7) is 3.40. The summed E-state index contributed by atoms with van der Waals surface area (Å²) >= 11 is 0. The van der Waals surface area contributed by atoms with Crippen LogP contribution in [0.3, 0.4) is 0 Å². The van der Waals surface area contributed by atoms with Crippen molar-refractivity contribution in [3.05, 3.63) is 96.5 Å². The number of rotatable bonds is 7. The Morgan fingerprint density at radius 1 is 0.825 bits per heavy atom. The molecule has 1 fully saturated rings. The Morgan fingerprint density at radius 2 is 1.45 bits per heavy atom. The van der Waals surface area contributed by atoms with E-state index in [1.54, 1.807) is 42.7 Å². The highest BCUT2D eigenvalue weighted by Crippen LogP contribution is 2.44. The van der Waals surface area contributed by atoms with Crippen molar-refractivity contribution in [2.24, 2.45) is 0 Å². The zero-order valence-corrected chi connectivity index (χ0v) is 21.9. The summed E-state index contributed by atoms with van der Waals surface area (Å²) in [6.07, 6.45) is 6.99. The minimum Gasteiger partial charge on any atom is -0.433 e. The van der Waals surface area contributed by atoms with Crippen molar-refractivity contribution in [3.63, 3.8) is 0 Å². The van der Waals surface area contributed by atoms with E-state index in [4.69, 9.17) is 9.40 Å². The number of benzene rings is 2. The molecule has 2 aromatic carbocycles. The summed E-state index contributed by atoms with van der Waals surface area (Å²) in [5.74, 6) is -0.912. The highest BCUT2D eigenvalue weighted by atomic mass is 19.1. The summed E-state index contributed by atoms with van der Waals surface area (Å²) in [6, 6.07) is 17.6. The number of nitrogens with zero attached hydrogens (tertiary/aromatic N) is 3. The topological polar surface area (TPSA) is 71.3 Å². The molecular formula is C32H28F2N4O2. The fraction of sp³-hybridized carbons (Fsp3) is 0.219. The van der Waals surface area contributed by atoms with E-state index in [1.807, 2.05) is 12.1 Å². The van der Waals surface area contributed by atoms with Gasteiger partial charge in [-0.3, -0.25) is 9.78 Å². The number of carbonyl (C=O) groups excluding carboxylic acids is 1. The number of hydrogen-bond donors (Lipinski definition) is 1. The third-order valence-corrected chi connectivity index (χ3v) is 7.29. The molecule has 1 saturated heterocycles. The third-order valence-electron chi connectivity index (χ3n) is 7.29. The van der Waals surface area contributed by atoms with Crippen molar-refractivity contribution in [3.8, 4) is 33.5 Å². The largest absolute Gasteiger partial charge is 0.433 e. The lowest BCUT2D eigenvalue weighted by molar-refractivity contribution is 0.0920. The average Bonchev–Trinajstić information content (AvgIpc) is 3.42. The van der Waals surface area contributed by atoms with Gasteiger partial charge in [0.25, 0.3) is 5.91 Å². The molecule has 1 N–H and O–H groups in total. The summed E-state index contributed by atoms with van der Waals surface area (Å²) in [4.78, 5) is 24.5. The molecule has 3 aromatic heterocycles. The van der Waals surface area contributed by atoms with Crippen molar-refractivity contribution in [2.75, 3.05) is 26.2 Å². The molecule has 0 atom stereocenters. The second-order valence-corrected chi connectivity index (χ2v) is 9.95. The molecule has 40 heavy (non-hydrogen) atoms. The number of likely N-dealkylation sites (tertiary alicyclic amines) is 1. The molecule has 1 aliphatic heterocycles. The molecule has 0 unspecified atom stereocenters. The highest BCUT2D eigenvalue weighted by molar-refractivity contribution is 6.08. The predicted octanol–water partition coefficient (Wildman–Crippen LogP) is 6.72. The SMILES string of the molecule is O=C(NCCN1CCCCC1)c1cc2c(-c3ccc(F)cc3)c(-c3ccncc3)c(-c3ccc(F)cc3)nc2o1. The molecule has 0 spiro atoms. The van der Waals surface area contributed by atoms with Gasteiger partial charge < -0.3 is 14.6 Å². The average molecular weight is 539 g/mol. The van der Waals surface area contributed by atoms with Crippen LogP contribution in [0.25, 0.3) is 44.6 Å². The summed E-state index contributed by atoms with van der Waals surface area (Å²) in [7, 11) is 0. The van der Waals surface area contributed by atoms with Crippen LogP contribution in [0.15, 0.2) is 83.5 Å². The maximum Gasteiger partial charge on any atom is 0.287 e. The van der Waals surface area contributed by atoms with Gasteiger partial charge in [0.15, 0.2) is 5.76 Å². The maximum atomic E-state index is 14.0. The molecule has 0 bridgehead atoms. The zero-order chi connectivity index (χ0) is 27.5. The Balaban J connectivity index is 1.48. The van der Waals surface area contributed by atoms with Gasteiger partial charge >= 0.3 is 0 Å². The van der Waals surface area contributed by atoms with Gasteiger partial charge in [0.1, 0.15) is 11.6 Å². The maximum absolute atomic E-state index is 14.0. The molecule has 0 aliphatic carbocycles. The van der Waals surface area contributed by atoms with Gasteiger partial charge in [-0.2, -0.15) is 0 Å². The van der Waals surface area contributed by atoms with E-state index in [1.165, 1.54) is 43.5 Å². The van der Waals surface area contributed by atoms with E-state index >= 15 is 0 Å². The molecule has 0 saturated carbocycles. The molecule has 1 aliphatic rings. The zero-order valence-electron chi connectivity index (χ0n) is 21.9. The molecule has 6 rings (SSSR count). The smallest absolute Gasteiger partial charge is 0.287 e. The number of nitrogens with one attached hydrogen (secondary N) is 1. The molecule has 8 heteroatoms. The number of furan rings is 1. The summed E-state index contributed by atoms with van der Waals surface area (Å²) in [5.41, 5.74) is 4.49. The van der Waals surface area contributed by atoms with Crippen LogP contribution in [-0.4, -0.2) is 47.0 Å². The van der Waals surface area contributed by atoms with Gasteiger partial charge in [-0.1, -0.05) is 18.6 Å². The van der Waals surface area contributed by atoms with Gasteiger partial charge in [0.05, 0.1) is 5.69 Å². The van der Waals surface area contributed by atoms with E-state index in [2.05, 4.69) is 15.2 Å². The fourth-order valence-corrected chi connectivity index (χ4v) is 5.30. The van der Waals surface area contributed by atoms with Crippen molar-refractivity contribution >= 4 is 17.0 Å². The number of carbonyl (C=O) groups is 1. The number of piperidine rings is 1. The van der Waals surface area contributed by atoms with Crippen molar-refractivity contribution < 1.29 is 18.0 Å². The minimum absolute atomic E-state index is 0.140. The molecule has 0 radical (unpaired) electrons. The van der Waals surface area contributed by atoms with E-state index in [9.17, 15) is 13.6 Å². The Kier molecular flexibility index (Phi) is 7.33. The van der Waals surface area contributed by atoms with E-state index in [-0.39, 0.29) is 29.0 Å². The third kappa shape index (κ3) is 5.35. The number of aromatic nitrogens is 2. The van der Waals surface area contributed by atoms with Crippen molar-refractivity contribution in [2.45, 2.75) is 19.3 Å². The monoisotopic (exact) mass is 538 g/mol. The number of pyridine rings is 2. The van der Waals surface area contributed by atoms with Crippen LogP contribution >= 0.6 is 0 Å². The molecular weight excluding hydrogens is 510 g/mol. The Morgan fingerprint density at radius 3 is 2.12 bits per heavy atom. The van der Waals surface area contributed by atoms with Crippen LogP contribution < -0.4 is 5.32 Å². The van der Waals surface area contributed by atoms with Gasteiger partial charge in [0, 0.05) is 47.6 Å². The first-order chi connectivity index (χ1) is 19.6. The molecule has 202 valence electrons. The predicted molar refractivity (Wildman–Crippen MR) is 151 cm³/mol. The Bertz CT molecular complexity index is 1630. The number of hydrogen-bond acceptors (Lipinski definition) is 5. The van der Waals surface area contributed by atoms with Crippen LogP contribution in [0, 0.1) is 11.6 Å². The second kappa shape index (κ2) is 11.4. The highest BCUT2D eigenvalue weighted by Gasteiger charge is 2.24. The normalized spacial score (nSPS) is 13.9. The molecule has 1 amide bonds. The second-order valence-electron chi connectivity index (χ2n) is 9.95. The number of amides is 1. The lowest BCUT2D eigenvalue weighted by atomic mass is 9.89. The van der Waals surface area contributed by atoms with Gasteiger partial charge in [0.2, 0.25) is 5.71 Å². The van der Waals surface area contributed by atoms with E-state index in [0.717, 1.165) is 41.9 Å². The van der Waals surface area contributed by atoms with Gasteiger partial charge in [-0.25, -0.2) is 13.8 Å². The summed E-state index contributed by atoms with van der Waals surface area (Å²) in [5, 5.41) is 3.59. The van der Waals surface area contributed by atoms with E-state index < -0.39 is 0 Å². The summed E-state index contributed by atoms with van der Waals surface area (Å²) < 4.78 is 33.8. The Hall–Kier alpha value is -4.43. The lowest BCUT2D eigenvalue weighted by Crippen LogP contribution is -2.37. The molecule has 5 aromatic rings. The van der Waals surface area contributed by atoms with Crippen LogP contribution in [0.1, 0.15) is 29.8 Å². The standard InChI is InChI=1S/C32H28F2N4O2/c33-24-8-4-21(5-9-24)28-26-20-27(31(39)36-16-19-38-17-2-1-3-18-38)40-32(26)37-30(23-6-10-25(34)11-7-23)29(28)22-12-14-35-15-13-22/h4-15,20H,1-3,16-19H2,(H,36,39). The quantitative estimate of drug-likeness (QED) is 0.249. The van der Waals surface area contributed by atoms with E-state index in [0.29, 0.717) is 23.2 Å². The molecule has 4 heterocycles. The first kappa shape index (κ1) is 25.8.